The van der Waals surface area contributed by atoms with E-state index in [1.54, 1.807) is 10.9 Å². The van der Waals surface area contributed by atoms with E-state index in [4.69, 9.17) is 18.7 Å². The van der Waals surface area contributed by atoms with Crippen LogP contribution in [0, 0.1) is 6.92 Å². The minimum atomic E-state index is -3.82. The fourth-order valence-electron chi connectivity index (χ4n) is 2.77. The van der Waals surface area contributed by atoms with Crippen LogP contribution in [0.5, 0.6) is 0 Å². The molecule has 140 valence electrons. The van der Waals surface area contributed by atoms with Crippen LogP contribution in [0.1, 0.15) is 18.3 Å². The molecule has 0 radical (unpaired) electrons. The van der Waals surface area contributed by atoms with Crippen molar-refractivity contribution in [1.29, 1.82) is 0 Å². The molecule has 1 aliphatic heterocycles. The summed E-state index contributed by atoms with van der Waals surface area (Å²) in [5.41, 5.74) is 1.92. The van der Waals surface area contributed by atoms with Gasteiger partial charge >= 0.3 is 143 Å². The Kier molecular flexibility index (Phi) is 5.48. The SMILES string of the molecule is Cc1ncnc2c1ncn2[C@H]1CC(O[PH](C)(O)O)[C@@H](CO[PH](=O)O)O1. The van der Waals surface area contributed by atoms with E-state index >= 15 is 0 Å². The average Bonchev–Trinajstić information content (AvgIpc) is 3.08. The van der Waals surface area contributed by atoms with Crippen LogP contribution in [0.4, 0.5) is 0 Å². The number of ether oxygens (including phenoxy) is 1. The molecular weight excluding hydrogens is 374 g/mol. The molecule has 0 bridgehead atoms. The van der Waals surface area contributed by atoms with E-state index in [0.29, 0.717) is 11.2 Å². The number of hydrogen-bond acceptors (Lipinski definition) is 9. The second-order valence-corrected chi connectivity index (χ2v) is 8.74. The predicted octanol–water partition coefficient (Wildman–Crippen LogP) is 0.315. The summed E-state index contributed by atoms with van der Waals surface area (Å²) >= 11 is 0. The number of hydrogen-bond donors (Lipinski definition) is 3. The number of aromatic nitrogens is 4. The number of nitrogens with zero attached hydrogens (tertiary/aromatic N) is 4. The maximum absolute atomic E-state index is 10.8. The van der Waals surface area contributed by atoms with E-state index in [1.165, 1.54) is 13.0 Å². The van der Waals surface area contributed by atoms with Crippen molar-refractivity contribution in [3.8, 4) is 0 Å². The van der Waals surface area contributed by atoms with E-state index in [1.807, 2.05) is 6.92 Å². The standard InChI is InChI=1S/C12H20N4O7P2/c1-7-11-12(14-5-13-7)16(6-15-11)10-3-8(23-25(2,19)20)9(22-10)4-21-24(17)18/h5-6,8-10,19-20,24-25H,3-4H2,1-2H3,(H,17,18)/t8?,9-,10-/m1/s1. The molecule has 0 saturated carbocycles. The predicted molar refractivity (Wildman–Crippen MR) is 89.3 cm³/mol. The first kappa shape index (κ1) is 18.8. The van der Waals surface area contributed by atoms with Gasteiger partial charge in [0.2, 0.25) is 0 Å². The summed E-state index contributed by atoms with van der Waals surface area (Å²) in [4.78, 5) is 40.7. The molecule has 3 rings (SSSR count). The molecule has 0 spiro atoms. The monoisotopic (exact) mass is 394 g/mol. The van der Waals surface area contributed by atoms with Gasteiger partial charge in [0.15, 0.2) is 0 Å². The first-order valence-electron chi connectivity index (χ1n) is 7.52. The van der Waals surface area contributed by atoms with Crippen molar-refractivity contribution < 1.29 is 33.0 Å². The Labute approximate surface area is 144 Å². The molecule has 0 aliphatic carbocycles. The van der Waals surface area contributed by atoms with Crippen molar-refractivity contribution in [3.05, 3.63) is 18.3 Å². The Morgan fingerprint density at radius 1 is 1.44 bits per heavy atom. The summed E-state index contributed by atoms with van der Waals surface area (Å²) in [6.45, 7) is 2.81. The van der Waals surface area contributed by atoms with E-state index < -0.39 is 34.6 Å². The van der Waals surface area contributed by atoms with E-state index in [9.17, 15) is 14.4 Å². The molecular formula is C12H20N4O7P2. The summed E-state index contributed by atoms with van der Waals surface area (Å²) in [5.74, 6) is 0. The van der Waals surface area contributed by atoms with E-state index in [0.717, 1.165) is 5.69 Å². The van der Waals surface area contributed by atoms with Crippen LogP contribution in [0.15, 0.2) is 12.7 Å². The fraction of sp³-hybridized carbons (Fsp3) is 0.583. The van der Waals surface area contributed by atoms with Crippen LogP contribution in [0.2, 0.25) is 0 Å². The topological polar surface area (TPSA) is 149 Å². The Morgan fingerprint density at radius 3 is 2.88 bits per heavy atom. The molecule has 11 nitrogen and oxygen atoms in total. The number of aryl methyl sites for hydroxylation is 1. The van der Waals surface area contributed by atoms with Crippen LogP contribution in [-0.4, -0.2) is 59.7 Å². The summed E-state index contributed by atoms with van der Waals surface area (Å²) in [6, 6.07) is 0. The summed E-state index contributed by atoms with van der Waals surface area (Å²) in [7, 11) is -6.95. The van der Waals surface area contributed by atoms with E-state index in [2.05, 4.69) is 15.0 Å². The molecule has 0 aromatic carbocycles. The van der Waals surface area contributed by atoms with E-state index in [-0.39, 0.29) is 13.0 Å². The number of imidazole rings is 1. The third-order valence-electron chi connectivity index (χ3n) is 3.78. The fourth-order valence-corrected chi connectivity index (χ4v) is 3.89. The molecule has 2 unspecified atom stereocenters. The molecule has 4 atom stereocenters. The maximum atomic E-state index is 10.8. The Bertz CT molecular complexity index is 780. The van der Waals surface area contributed by atoms with Gasteiger partial charge in [0.05, 0.1) is 0 Å². The Morgan fingerprint density at radius 2 is 2.20 bits per heavy atom. The van der Waals surface area contributed by atoms with Crippen molar-refractivity contribution >= 4 is 27.4 Å². The molecule has 3 heterocycles. The van der Waals surface area contributed by atoms with Crippen molar-refractivity contribution in [2.45, 2.75) is 31.8 Å². The zero-order valence-electron chi connectivity index (χ0n) is 13.6. The third-order valence-corrected chi connectivity index (χ3v) is 4.94. The molecule has 0 amide bonds. The van der Waals surface area contributed by atoms with Gasteiger partial charge in [0, 0.05) is 0 Å². The van der Waals surface area contributed by atoms with Crippen molar-refractivity contribution in [2.24, 2.45) is 0 Å². The number of fused-ring (bicyclic) bond motifs is 1. The van der Waals surface area contributed by atoms with Crippen LogP contribution in [-0.2, 0) is 18.3 Å². The molecule has 1 saturated heterocycles. The van der Waals surface area contributed by atoms with Crippen LogP contribution in [0.3, 0.4) is 0 Å². The van der Waals surface area contributed by atoms with Gasteiger partial charge in [-0.15, -0.1) is 0 Å². The quantitative estimate of drug-likeness (QED) is 0.585. The zero-order valence-corrected chi connectivity index (χ0v) is 15.6. The van der Waals surface area contributed by atoms with Crippen LogP contribution < -0.4 is 0 Å². The van der Waals surface area contributed by atoms with Crippen LogP contribution in [0.25, 0.3) is 11.2 Å². The molecule has 1 fully saturated rings. The first-order chi connectivity index (χ1) is 11.7. The molecule has 1 aliphatic rings. The van der Waals surface area contributed by atoms with Crippen molar-refractivity contribution in [3.63, 3.8) is 0 Å². The van der Waals surface area contributed by atoms with Gasteiger partial charge in [0.1, 0.15) is 0 Å². The summed E-state index contributed by atoms with van der Waals surface area (Å²) in [6.07, 6.45) is 1.26. The van der Waals surface area contributed by atoms with Gasteiger partial charge < -0.3 is 0 Å². The third kappa shape index (κ3) is 4.39. The van der Waals surface area contributed by atoms with Gasteiger partial charge in [-0.2, -0.15) is 0 Å². The zero-order chi connectivity index (χ0) is 18.2. The van der Waals surface area contributed by atoms with Crippen LogP contribution >= 0.6 is 16.2 Å². The molecule has 2 aromatic rings. The Hall–Kier alpha value is -1.03. The second kappa shape index (κ2) is 7.30. The van der Waals surface area contributed by atoms with Crippen molar-refractivity contribution in [2.75, 3.05) is 13.3 Å². The normalized spacial score (nSPS) is 26.2. The first-order valence-corrected chi connectivity index (χ1v) is 11.1. The molecule has 25 heavy (non-hydrogen) atoms. The molecule has 3 N–H and O–H groups in total. The summed E-state index contributed by atoms with van der Waals surface area (Å²) < 4.78 is 28.4. The van der Waals surface area contributed by atoms with Gasteiger partial charge in [-0.3, -0.25) is 0 Å². The summed E-state index contributed by atoms with van der Waals surface area (Å²) in [5, 5.41) is 0. The molecule has 13 heteroatoms. The second-order valence-electron chi connectivity index (χ2n) is 5.82. The van der Waals surface area contributed by atoms with Gasteiger partial charge in [-0.25, -0.2) is 0 Å². The average molecular weight is 394 g/mol. The van der Waals surface area contributed by atoms with Gasteiger partial charge in [-0.1, -0.05) is 0 Å². The van der Waals surface area contributed by atoms with Crippen molar-refractivity contribution in [1.82, 2.24) is 19.5 Å². The minimum absolute atomic E-state index is 0.208. The van der Waals surface area contributed by atoms with Gasteiger partial charge in [-0.05, 0) is 0 Å². The Balaban J connectivity index is 1.84. The number of rotatable bonds is 6. The van der Waals surface area contributed by atoms with Gasteiger partial charge in [0.25, 0.3) is 0 Å². The molecule has 2 aromatic heterocycles.